The van der Waals surface area contributed by atoms with Crippen LogP contribution >= 0.6 is 0 Å². The number of Topliss-reactive ketones (excluding diaryl/α,β-unsaturated/α-hetero) is 1. The molecule has 0 unspecified atom stereocenters. The maximum atomic E-state index is 12.6. The van der Waals surface area contributed by atoms with E-state index in [-0.39, 0.29) is 24.1 Å². The average molecular weight is 331 g/mol. The summed E-state index contributed by atoms with van der Waals surface area (Å²) in [6, 6.07) is 7.32. The molecule has 0 atom stereocenters. The second-order valence-electron chi connectivity index (χ2n) is 6.44. The highest BCUT2D eigenvalue weighted by molar-refractivity contribution is 5.97. The topological polar surface area (TPSA) is 119 Å². The number of benzene rings is 1. The number of carbonyl (C=O) groups excluding carboxylic acids is 1. The number of carbonyl (C=O) groups is 2. The van der Waals surface area contributed by atoms with Gasteiger partial charge in [-0.3, -0.25) is 14.6 Å². The lowest BCUT2D eigenvalue weighted by Crippen LogP contribution is -2.26. The molecule has 1 saturated carbocycles. The van der Waals surface area contributed by atoms with Crippen molar-refractivity contribution in [2.24, 2.45) is 28.3 Å². The van der Waals surface area contributed by atoms with E-state index in [0.717, 1.165) is 31.2 Å². The molecular formula is C18H25N3O3. The van der Waals surface area contributed by atoms with Crippen LogP contribution in [0.5, 0.6) is 0 Å². The summed E-state index contributed by atoms with van der Waals surface area (Å²) in [7, 11) is 0. The van der Waals surface area contributed by atoms with Crippen LogP contribution in [0.3, 0.4) is 0 Å². The highest BCUT2D eigenvalue weighted by Gasteiger charge is 2.26. The Labute approximate surface area is 141 Å². The Morgan fingerprint density at radius 2 is 1.71 bits per heavy atom. The number of carboxylic acid groups (broad SMARTS) is 1. The van der Waals surface area contributed by atoms with Gasteiger partial charge in [-0.25, -0.2) is 0 Å². The molecule has 2 rings (SSSR count). The van der Waals surface area contributed by atoms with Crippen molar-refractivity contribution >= 4 is 17.7 Å². The predicted octanol–water partition coefficient (Wildman–Crippen LogP) is 1.97. The molecule has 0 aromatic heterocycles. The fraction of sp³-hybridized carbons (Fsp3) is 0.500. The van der Waals surface area contributed by atoms with Gasteiger partial charge in [0.1, 0.15) is 0 Å². The van der Waals surface area contributed by atoms with E-state index in [2.05, 4.69) is 4.99 Å². The van der Waals surface area contributed by atoms with Crippen LogP contribution < -0.4 is 11.5 Å². The number of hydrogen-bond donors (Lipinski definition) is 3. The van der Waals surface area contributed by atoms with Gasteiger partial charge in [0, 0.05) is 24.4 Å². The molecule has 1 aliphatic carbocycles. The minimum atomic E-state index is -0.812. The second-order valence-corrected chi connectivity index (χ2v) is 6.44. The number of rotatable bonds is 7. The number of guanidine groups is 1. The van der Waals surface area contributed by atoms with Gasteiger partial charge in [0.05, 0.1) is 0 Å². The Kier molecular flexibility index (Phi) is 6.35. The quantitative estimate of drug-likeness (QED) is 0.401. The SMILES string of the molecule is NC(N)=NCC1CCC(C(=O)c2ccc(CCC(=O)O)cc2)CC1. The molecule has 24 heavy (non-hydrogen) atoms. The molecule has 6 heteroatoms. The standard InChI is InChI=1S/C18H25N3O3/c19-18(20)21-11-13-3-8-15(9-4-13)17(24)14-6-1-12(2-7-14)5-10-16(22)23/h1-2,6-7,13,15H,3-5,8-11H2,(H,22,23)(H4,19,20,21). The second kappa shape index (κ2) is 8.47. The molecule has 130 valence electrons. The maximum Gasteiger partial charge on any atom is 0.303 e. The molecule has 0 spiro atoms. The summed E-state index contributed by atoms with van der Waals surface area (Å²) in [6.45, 7) is 0.640. The molecule has 1 fully saturated rings. The number of hydrogen-bond acceptors (Lipinski definition) is 3. The number of aliphatic imine (C=N–C) groups is 1. The molecule has 0 amide bonds. The fourth-order valence-electron chi connectivity index (χ4n) is 3.16. The van der Waals surface area contributed by atoms with E-state index in [9.17, 15) is 9.59 Å². The van der Waals surface area contributed by atoms with Crippen LogP contribution in [-0.2, 0) is 11.2 Å². The van der Waals surface area contributed by atoms with E-state index in [1.807, 2.05) is 24.3 Å². The lowest BCUT2D eigenvalue weighted by atomic mass is 9.78. The zero-order valence-electron chi connectivity index (χ0n) is 13.8. The molecule has 0 aliphatic heterocycles. The van der Waals surface area contributed by atoms with E-state index in [1.165, 1.54) is 0 Å². The first kappa shape index (κ1) is 18.0. The number of aliphatic carboxylic acids is 1. The van der Waals surface area contributed by atoms with Gasteiger partial charge in [0.15, 0.2) is 11.7 Å². The third kappa shape index (κ3) is 5.37. The summed E-state index contributed by atoms with van der Waals surface area (Å²) in [5.74, 6) is 0.00349. The molecular weight excluding hydrogens is 306 g/mol. The summed E-state index contributed by atoms with van der Waals surface area (Å²) < 4.78 is 0. The molecule has 1 aromatic rings. The Morgan fingerprint density at radius 3 is 2.25 bits per heavy atom. The van der Waals surface area contributed by atoms with Gasteiger partial charge in [-0.15, -0.1) is 0 Å². The Balaban J connectivity index is 1.86. The Hall–Kier alpha value is -2.37. The first-order valence-corrected chi connectivity index (χ1v) is 8.36. The third-order valence-corrected chi connectivity index (χ3v) is 4.62. The van der Waals surface area contributed by atoms with Gasteiger partial charge in [-0.2, -0.15) is 0 Å². The van der Waals surface area contributed by atoms with Crippen molar-refractivity contribution in [2.45, 2.75) is 38.5 Å². The summed E-state index contributed by atoms with van der Waals surface area (Å²) in [4.78, 5) is 27.2. The summed E-state index contributed by atoms with van der Waals surface area (Å²) >= 11 is 0. The number of carboxylic acids is 1. The smallest absolute Gasteiger partial charge is 0.303 e. The average Bonchev–Trinajstić information content (AvgIpc) is 2.58. The molecule has 0 heterocycles. The van der Waals surface area contributed by atoms with E-state index in [4.69, 9.17) is 16.6 Å². The van der Waals surface area contributed by atoms with Crippen molar-refractivity contribution in [2.75, 3.05) is 6.54 Å². The third-order valence-electron chi connectivity index (χ3n) is 4.62. The van der Waals surface area contributed by atoms with Crippen molar-refractivity contribution in [3.63, 3.8) is 0 Å². The first-order valence-electron chi connectivity index (χ1n) is 8.36. The Bertz CT molecular complexity index is 598. The lowest BCUT2D eigenvalue weighted by molar-refractivity contribution is -0.136. The largest absolute Gasteiger partial charge is 0.481 e. The molecule has 0 saturated heterocycles. The molecule has 1 aromatic carbocycles. The van der Waals surface area contributed by atoms with Crippen LogP contribution in [0.15, 0.2) is 29.3 Å². The number of nitrogens with two attached hydrogens (primary N) is 2. The molecule has 0 bridgehead atoms. The minimum absolute atomic E-state index is 0.0605. The van der Waals surface area contributed by atoms with Crippen LogP contribution in [0.1, 0.15) is 48.0 Å². The van der Waals surface area contributed by atoms with Crippen LogP contribution in [0.2, 0.25) is 0 Å². The molecule has 1 aliphatic rings. The van der Waals surface area contributed by atoms with Crippen molar-refractivity contribution in [3.05, 3.63) is 35.4 Å². The highest BCUT2D eigenvalue weighted by Crippen LogP contribution is 2.31. The van der Waals surface area contributed by atoms with E-state index in [1.54, 1.807) is 0 Å². The van der Waals surface area contributed by atoms with Crippen LogP contribution in [0.4, 0.5) is 0 Å². The van der Waals surface area contributed by atoms with Gasteiger partial charge in [0.25, 0.3) is 0 Å². The molecule has 0 radical (unpaired) electrons. The van der Waals surface area contributed by atoms with E-state index >= 15 is 0 Å². The van der Waals surface area contributed by atoms with Crippen LogP contribution in [0, 0.1) is 11.8 Å². The molecule has 6 nitrogen and oxygen atoms in total. The van der Waals surface area contributed by atoms with Crippen molar-refractivity contribution in [3.8, 4) is 0 Å². The first-order chi connectivity index (χ1) is 11.5. The van der Waals surface area contributed by atoms with Gasteiger partial charge in [-0.05, 0) is 43.6 Å². The number of nitrogens with zero attached hydrogens (tertiary/aromatic N) is 1. The minimum Gasteiger partial charge on any atom is -0.481 e. The summed E-state index contributed by atoms with van der Waals surface area (Å²) in [6.07, 6.45) is 4.25. The highest BCUT2D eigenvalue weighted by atomic mass is 16.4. The molecule has 5 N–H and O–H groups in total. The predicted molar refractivity (Wildman–Crippen MR) is 92.9 cm³/mol. The van der Waals surface area contributed by atoms with E-state index in [0.29, 0.717) is 24.4 Å². The van der Waals surface area contributed by atoms with Crippen molar-refractivity contribution in [1.82, 2.24) is 0 Å². The van der Waals surface area contributed by atoms with Crippen LogP contribution in [-0.4, -0.2) is 29.4 Å². The Morgan fingerprint density at radius 1 is 1.08 bits per heavy atom. The fourth-order valence-corrected chi connectivity index (χ4v) is 3.16. The number of ketones is 1. The number of aryl methyl sites for hydroxylation is 1. The zero-order chi connectivity index (χ0) is 17.5. The maximum absolute atomic E-state index is 12.6. The lowest BCUT2D eigenvalue weighted by Gasteiger charge is -2.26. The normalized spacial score (nSPS) is 20.3. The van der Waals surface area contributed by atoms with E-state index < -0.39 is 5.97 Å². The summed E-state index contributed by atoms with van der Waals surface area (Å²) in [5, 5.41) is 8.70. The van der Waals surface area contributed by atoms with Gasteiger partial charge < -0.3 is 16.6 Å². The summed E-state index contributed by atoms with van der Waals surface area (Å²) in [5.41, 5.74) is 12.4. The monoisotopic (exact) mass is 331 g/mol. The van der Waals surface area contributed by atoms with Crippen molar-refractivity contribution < 1.29 is 14.7 Å². The van der Waals surface area contributed by atoms with Crippen LogP contribution in [0.25, 0.3) is 0 Å². The van der Waals surface area contributed by atoms with Gasteiger partial charge in [0.2, 0.25) is 0 Å². The van der Waals surface area contributed by atoms with Gasteiger partial charge >= 0.3 is 5.97 Å². The zero-order valence-corrected chi connectivity index (χ0v) is 13.8. The van der Waals surface area contributed by atoms with Gasteiger partial charge in [-0.1, -0.05) is 24.3 Å². The van der Waals surface area contributed by atoms with Crippen molar-refractivity contribution in [1.29, 1.82) is 0 Å².